The summed E-state index contributed by atoms with van der Waals surface area (Å²) in [5, 5.41) is 18.9. The van der Waals surface area contributed by atoms with Crippen LogP contribution in [0.15, 0.2) is 54.7 Å². The van der Waals surface area contributed by atoms with Gasteiger partial charge in [-0.1, -0.05) is 18.2 Å². The molecule has 0 spiro atoms. The summed E-state index contributed by atoms with van der Waals surface area (Å²) in [5.74, 6) is -2.62. The summed E-state index contributed by atoms with van der Waals surface area (Å²) in [6, 6.07) is 13.9. The average Bonchev–Trinajstić information content (AvgIpc) is 3.68. The first-order chi connectivity index (χ1) is 21.2. The van der Waals surface area contributed by atoms with Crippen LogP contribution < -0.4 is 10.1 Å². The molecule has 1 fully saturated rings. The zero-order chi connectivity index (χ0) is 31.6. The zero-order valence-electron chi connectivity index (χ0n) is 23.7. The maximum Gasteiger partial charge on any atom is 0.290 e. The first-order valence-electron chi connectivity index (χ1n) is 13.9. The highest BCUT2D eigenvalue weighted by molar-refractivity contribution is 5.93. The third kappa shape index (κ3) is 7.77. The van der Waals surface area contributed by atoms with Crippen LogP contribution in [0.3, 0.4) is 0 Å². The van der Waals surface area contributed by atoms with Crippen LogP contribution >= 0.6 is 0 Å². The van der Waals surface area contributed by atoms with E-state index in [4.69, 9.17) is 19.9 Å². The number of fused-ring (bicyclic) bond motifs is 4. The van der Waals surface area contributed by atoms with Crippen LogP contribution in [-0.4, -0.2) is 83.4 Å². The fourth-order valence-electron chi connectivity index (χ4n) is 5.34. The number of ether oxygens (including phenoxy) is 1. The largest absolute Gasteiger partial charge is 0.492 e. The molecule has 3 amide bonds. The number of carbonyl (C=O) groups excluding carboxylic acids is 3. The minimum atomic E-state index is -0.784. The molecule has 44 heavy (non-hydrogen) atoms. The quantitative estimate of drug-likeness (QED) is 0.387. The van der Waals surface area contributed by atoms with Gasteiger partial charge in [0.1, 0.15) is 35.8 Å². The average molecular weight is 608 g/mol. The van der Waals surface area contributed by atoms with Gasteiger partial charge in [-0.3, -0.25) is 19.2 Å². The normalized spacial score (nSPS) is 18.3. The van der Waals surface area contributed by atoms with E-state index >= 15 is 0 Å². The Kier molecular flexibility index (Phi) is 10.6. The van der Waals surface area contributed by atoms with Gasteiger partial charge < -0.3 is 29.9 Å². The van der Waals surface area contributed by atoms with Crippen molar-refractivity contribution in [2.75, 3.05) is 39.3 Å². The zero-order valence-corrected chi connectivity index (χ0v) is 23.7. The second kappa shape index (κ2) is 14.8. The summed E-state index contributed by atoms with van der Waals surface area (Å²) in [5.41, 5.74) is 1.58. The number of hydrogen-bond donors (Lipinski definition) is 3. The van der Waals surface area contributed by atoms with Crippen molar-refractivity contribution in [3.8, 4) is 11.8 Å². The van der Waals surface area contributed by atoms with E-state index in [1.807, 2.05) is 24.3 Å². The third-order valence-corrected chi connectivity index (χ3v) is 7.52. The number of benzene rings is 2. The maximum absolute atomic E-state index is 14.2. The molecule has 5 rings (SSSR count). The van der Waals surface area contributed by atoms with Crippen molar-refractivity contribution in [2.24, 2.45) is 5.92 Å². The van der Waals surface area contributed by atoms with Gasteiger partial charge in [-0.25, -0.2) is 8.78 Å². The summed E-state index contributed by atoms with van der Waals surface area (Å²) in [6.07, 6.45) is 1.72. The molecule has 0 radical (unpaired) electrons. The van der Waals surface area contributed by atoms with Gasteiger partial charge in [-0.15, -0.1) is 0 Å². The van der Waals surface area contributed by atoms with E-state index < -0.39 is 17.6 Å². The number of halogens is 2. The van der Waals surface area contributed by atoms with E-state index in [-0.39, 0.29) is 61.8 Å². The van der Waals surface area contributed by atoms with Gasteiger partial charge in [0.2, 0.25) is 11.8 Å². The van der Waals surface area contributed by atoms with Crippen LogP contribution in [0.25, 0.3) is 0 Å². The van der Waals surface area contributed by atoms with Crippen molar-refractivity contribution in [1.29, 1.82) is 5.26 Å². The smallest absolute Gasteiger partial charge is 0.290 e. The number of nitriles is 1. The molecular formula is C31H31F2N5O6. The Morgan fingerprint density at radius 2 is 1.86 bits per heavy atom. The SMILES string of the molecule is N#Cc1c[nH]c(C(=O)N2CCCNC(=O)[C@H]3CN(C(=O)Cc4ccc(F)cc4F)C[C@@H]3c3cccc(c3)OCC2)c1.O=CO. The molecule has 3 N–H and O–H groups in total. The van der Waals surface area contributed by atoms with Crippen molar-refractivity contribution in [3.63, 3.8) is 0 Å². The third-order valence-electron chi connectivity index (χ3n) is 7.52. The van der Waals surface area contributed by atoms with Gasteiger partial charge in [0, 0.05) is 44.4 Å². The van der Waals surface area contributed by atoms with Gasteiger partial charge in [0.05, 0.1) is 24.4 Å². The van der Waals surface area contributed by atoms with Crippen molar-refractivity contribution < 1.29 is 37.8 Å². The van der Waals surface area contributed by atoms with E-state index in [9.17, 15) is 23.2 Å². The minimum Gasteiger partial charge on any atom is -0.492 e. The summed E-state index contributed by atoms with van der Waals surface area (Å²) in [7, 11) is 0. The summed E-state index contributed by atoms with van der Waals surface area (Å²) in [4.78, 5) is 53.9. The number of rotatable bonds is 3. The van der Waals surface area contributed by atoms with Crippen LogP contribution in [-0.2, 0) is 20.8 Å². The predicted octanol–water partition coefficient (Wildman–Crippen LogP) is 2.69. The fraction of sp³-hybridized carbons (Fsp3) is 0.323. The van der Waals surface area contributed by atoms with Crippen molar-refractivity contribution >= 4 is 24.2 Å². The molecular weight excluding hydrogens is 576 g/mol. The molecule has 3 aromatic rings. The van der Waals surface area contributed by atoms with Crippen LogP contribution in [0.4, 0.5) is 8.78 Å². The van der Waals surface area contributed by atoms with Crippen molar-refractivity contribution in [1.82, 2.24) is 20.1 Å². The molecule has 2 atom stereocenters. The summed E-state index contributed by atoms with van der Waals surface area (Å²) < 4.78 is 33.5. The van der Waals surface area contributed by atoms with Gasteiger partial charge in [0.25, 0.3) is 12.4 Å². The fourth-order valence-corrected chi connectivity index (χ4v) is 5.34. The van der Waals surface area contributed by atoms with Gasteiger partial charge in [-0.2, -0.15) is 5.26 Å². The van der Waals surface area contributed by atoms with Crippen molar-refractivity contribution in [2.45, 2.75) is 18.8 Å². The second-order valence-electron chi connectivity index (χ2n) is 10.3. The lowest BCUT2D eigenvalue weighted by molar-refractivity contribution is -0.130. The van der Waals surface area contributed by atoms with E-state index in [0.29, 0.717) is 43.1 Å². The topological polar surface area (TPSA) is 156 Å². The van der Waals surface area contributed by atoms with Crippen LogP contribution in [0.5, 0.6) is 5.75 Å². The lowest BCUT2D eigenvalue weighted by Gasteiger charge is -2.24. The molecule has 0 saturated carbocycles. The Bertz CT molecular complexity index is 1550. The lowest BCUT2D eigenvalue weighted by Crippen LogP contribution is -2.39. The summed E-state index contributed by atoms with van der Waals surface area (Å²) >= 11 is 0. The van der Waals surface area contributed by atoms with E-state index in [1.54, 1.807) is 15.9 Å². The highest BCUT2D eigenvalue weighted by Gasteiger charge is 2.40. The molecule has 2 bridgehead atoms. The van der Waals surface area contributed by atoms with E-state index in [0.717, 1.165) is 17.7 Å². The maximum atomic E-state index is 14.2. The number of H-pyrrole nitrogens is 1. The molecule has 0 unspecified atom stereocenters. The first kappa shape index (κ1) is 31.7. The number of nitrogens with zero attached hydrogens (tertiary/aromatic N) is 3. The Morgan fingerprint density at radius 3 is 2.59 bits per heavy atom. The highest BCUT2D eigenvalue weighted by Crippen LogP contribution is 2.35. The van der Waals surface area contributed by atoms with Crippen molar-refractivity contribution in [3.05, 3.63) is 88.7 Å². The molecule has 1 saturated heterocycles. The van der Waals surface area contributed by atoms with Crippen LogP contribution in [0, 0.1) is 28.9 Å². The predicted molar refractivity (Wildman–Crippen MR) is 153 cm³/mol. The molecule has 2 aliphatic rings. The molecule has 2 aromatic carbocycles. The minimum absolute atomic E-state index is 0.0944. The highest BCUT2D eigenvalue weighted by atomic mass is 19.1. The Labute approximate surface area is 252 Å². The van der Waals surface area contributed by atoms with Gasteiger partial charge in [0.15, 0.2) is 0 Å². The first-order valence-corrected chi connectivity index (χ1v) is 13.9. The Morgan fingerprint density at radius 1 is 1.09 bits per heavy atom. The number of likely N-dealkylation sites (tertiary alicyclic amines) is 1. The number of hydrogen-bond acceptors (Lipinski definition) is 6. The number of aromatic amines is 1. The van der Waals surface area contributed by atoms with E-state index in [2.05, 4.69) is 10.3 Å². The lowest BCUT2D eigenvalue weighted by atomic mass is 9.88. The number of nitrogens with one attached hydrogen (secondary N) is 2. The molecule has 11 nitrogen and oxygen atoms in total. The molecule has 1 aromatic heterocycles. The number of amides is 3. The Hall–Kier alpha value is -5.25. The summed E-state index contributed by atoms with van der Waals surface area (Å²) in [6.45, 7) is 1.37. The van der Waals surface area contributed by atoms with Crippen LogP contribution in [0.2, 0.25) is 0 Å². The molecule has 2 aliphatic heterocycles. The molecule has 0 aliphatic carbocycles. The van der Waals surface area contributed by atoms with E-state index in [1.165, 1.54) is 18.3 Å². The Balaban J connectivity index is 0.00000141. The number of carbonyl (C=O) groups is 4. The number of carboxylic acid groups (broad SMARTS) is 1. The standard InChI is InChI=1S/C30H29F2N5O4.CH2O2/c31-22-6-5-21(26(32)14-22)13-28(38)37-17-24-20-3-1-4-23(12-20)41-10-9-36(8-2-7-34-29(39)25(24)18-37)30(40)27-11-19(15-33)16-35-27;2-1-3/h1,3-6,11-12,14,16,24-25,35H,2,7-10,13,17-18H2,(H,34,39);1H,(H,2,3)/t24-,25+;/m1./s1. The van der Waals surface area contributed by atoms with Crippen LogP contribution in [0.1, 0.15) is 39.5 Å². The van der Waals surface area contributed by atoms with Gasteiger partial charge in [-0.05, 0) is 41.8 Å². The van der Waals surface area contributed by atoms with Gasteiger partial charge >= 0.3 is 0 Å². The monoisotopic (exact) mass is 607 g/mol. The molecule has 230 valence electrons. The molecule has 3 heterocycles. The second-order valence-corrected chi connectivity index (χ2v) is 10.3. The number of aromatic nitrogens is 1. The molecule has 13 heteroatoms.